The van der Waals surface area contributed by atoms with Gasteiger partial charge in [-0.1, -0.05) is 19.3 Å². The highest BCUT2D eigenvalue weighted by atomic mass is 16.5. The summed E-state index contributed by atoms with van der Waals surface area (Å²) in [7, 11) is 0. The first-order valence-corrected chi connectivity index (χ1v) is 11.9. The molecule has 2 aliphatic heterocycles. The number of ether oxygens (including phenoxy) is 2. The molecule has 0 aromatic heterocycles. The van der Waals surface area contributed by atoms with Crippen LogP contribution < -0.4 is 0 Å². The number of rotatable bonds is 15. The summed E-state index contributed by atoms with van der Waals surface area (Å²) in [6.45, 7) is 9.09. The van der Waals surface area contributed by atoms with Crippen LogP contribution in [0, 0.1) is 0 Å². The fourth-order valence-corrected chi connectivity index (χ4v) is 4.23. The summed E-state index contributed by atoms with van der Waals surface area (Å²) < 4.78 is 10.7. The molecule has 2 N–H and O–H groups in total. The van der Waals surface area contributed by atoms with E-state index in [1.165, 1.54) is 0 Å². The standard InChI is InChI=1S/C23H40N2O6/c26-22(27)20(8-4-1-2-6-10-24-12-16-30-17-13-24)21(23(28)29)9-5-3-7-11-25-14-18-31-19-15-25/h1-19H2,(H,26,27)(H,28,29). The zero-order valence-electron chi connectivity index (χ0n) is 18.9. The van der Waals surface area contributed by atoms with Crippen LogP contribution in [-0.4, -0.2) is 97.6 Å². The molecule has 0 spiro atoms. The third kappa shape index (κ3) is 10.6. The molecule has 0 radical (unpaired) electrons. The second-order valence-corrected chi connectivity index (χ2v) is 8.45. The lowest BCUT2D eigenvalue weighted by atomic mass is 9.97. The zero-order valence-corrected chi connectivity index (χ0v) is 18.9. The van der Waals surface area contributed by atoms with Crippen molar-refractivity contribution in [2.24, 2.45) is 0 Å². The van der Waals surface area contributed by atoms with Gasteiger partial charge in [0.2, 0.25) is 0 Å². The lowest BCUT2D eigenvalue weighted by molar-refractivity contribution is -0.136. The molecule has 0 aromatic carbocycles. The minimum atomic E-state index is -1.09. The molecule has 0 saturated carbocycles. The number of hydrogen-bond acceptors (Lipinski definition) is 6. The Hall–Kier alpha value is -1.48. The first-order chi connectivity index (χ1) is 15.1. The molecular weight excluding hydrogens is 400 g/mol. The van der Waals surface area contributed by atoms with Crippen molar-refractivity contribution in [3.8, 4) is 0 Å². The van der Waals surface area contributed by atoms with Gasteiger partial charge in [-0.2, -0.15) is 0 Å². The number of carboxylic acids is 2. The Morgan fingerprint density at radius 2 is 0.935 bits per heavy atom. The van der Waals surface area contributed by atoms with Crippen molar-refractivity contribution in [1.82, 2.24) is 9.80 Å². The third-order valence-electron chi connectivity index (χ3n) is 6.14. The minimum Gasteiger partial charge on any atom is -0.478 e. The predicted octanol–water partition coefficient (Wildman–Crippen LogP) is 2.63. The molecule has 0 amide bonds. The molecule has 31 heavy (non-hydrogen) atoms. The Bertz CT molecular complexity index is 568. The van der Waals surface area contributed by atoms with Gasteiger partial charge in [-0.15, -0.1) is 0 Å². The topological polar surface area (TPSA) is 99.5 Å². The van der Waals surface area contributed by atoms with Crippen molar-refractivity contribution in [3.05, 3.63) is 11.1 Å². The van der Waals surface area contributed by atoms with Gasteiger partial charge in [-0.25, -0.2) is 9.59 Å². The number of hydrogen-bond donors (Lipinski definition) is 2. The van der Waals surface area contributed by atoms with Crippen LogP contribution in [0.15, 0.2) is 11.1 Å². The lowest BCUT2D eigenvalue weighted by Gasteiger charge is -2.26. The van der Waals surface area contributed by atoms with Crippen molar-refractivity contribution in [2.75, 3.05) is 65.7 Å². The van der Waals surface area contributed by atoms with Crippen molar-refractivity contribution in [3.63, 3.8) is 0 Å². The second-order valence-electron chi connectivity index (χ2n) is 8.45. The lowest BCUT2D eigenvalue weighted by Crippen LogP contribution is -2.36. The van der Waals surface area contributed by atoms with Crippen LogP contribution in [0.4, 0.5) is 0 Å². The molecule has 0 atom stereocenters. The average Bonchev–Trinajstić information content (AvgIpc) is 2.77. The largest absolute Gasteiger partial charge is 0.478 e. The molecule has 8 heteroatoms. The van der Waals surface area contributed by atoms with E-state index in [1.54, 1.807) is 0 Å². The highest BCUT2D eigenvalue weighted by Crippen LogP contribution is 2.20. The maximum atomic E-state index is 11.7. The van der Waals surface area contributed by atoms with Crippen LogP contribution in [0.2, 0.25) is 0 Å². The van der Waals surface area contributed by atoms with E-state index in [1.807, 2.05) is 0 Å². The van der Waals surface area contributed by atoms with E-state index in [9.17, 15) is 19.8 Å². The van der Waals surface area contributed by atoms with Gasteiger partial charge >= 0.3 is 11.9 Å². The first kappa shape index (κ1) is 25.8. The molecule has 2 rings (SSSR count). The predicted molar refractivity (Wildman–Crippen MR) is 118 cm³/mol. The first-order valence-electron chi connectivity index (χ1n) is 11.9. The fraction of sp³-hybridized carbons (Fsp3) is 0.826. The minimum absolute atomic E-state index is 0.0900. The van der Waals surface area contributed by atoms with E-state index in [0.29, 0.717) is 19.3 Å². The molecule has 8 nitrogen and oxygen atoms in total. The Morgan fingerprint density at radius 1 is 0.581 bits per heavy atom. The van der Waals surface area contributed by atoms with Gasteiger partial charge in [0.25, 0.3) is 0 Å². The average molecular weight is 441 g/mol. The van der Waals surface area contributed by atoms with E-state index in [-0.39, 0.29) is 11.1 Å². The van der Waals surface area contributed by atoms with Gasteiger partial charge in [-0.05, 0) is 51.6 Å². The summed E-state index contributed by atoms with van der Waals surface area (Å²) in [5.74, 6) is -2.17. The Morgan fingerprint density at radius 3 is 1.32 bits per heavy atom. The fourth-order valence-electron chi connectivity index (χ4n) is 4.23. The van der Waals surface area contributed by atoms with E-state index in [4.69, 9.17) is 9.47 Å². The number of carboxylic acid groups (broad SMARTS) is 2. The molecule has 2 saturated heterocycles. The number of aliphatic carboxylic acids is 2. The SMILES string of the molecule is O=C(O)C(CCCCCCN1CCOCC1)=C(CCCCCN1CCOCC1)C(=O)O. The summed E-state index contributed by atoms with van der Waals surface area (Å²) >= 11 is 0. The maximum absolute atomic E-state index is 11.7. The molecule has 2 aliphatic rings. The smallest absolute Gasteiger partial charge is 0.332 e. The monoisotopic (exact) mass is 440 g/mol. The molecule has 2 heterocycles. The highest BCUT2D eigenvalue weighted by molar-refractivity contribution is 5.98. The number of unbranched alkanes of at least 4 members (excludes halogenated alkanes) is 5. The van der Waals surface area contributed by atoms with Crippen LogP contribution in [-0.2, 0) is 19.1 Å². The normalized spacial score (nSPS) is 19.2. The molecule has 0 bridgehead atoms. The van der Waals surface area contributed by atoms with E-state index >= 15 is 0 Å². The van der Waals surface area contributed by atoms with Gasteiger partial charge in [0, 0.05) is 37.3 Å². The molecule has 178 valence electrons. The van der Waals surface area contributed by atoms with Crippen LogP contribution >= 0.6 is 0 Å². The number of nitrogens with zero attached hydrogens (tertiary/aromatic N) is 2. The van der Waals surface area contributed by atoms with Crippen molar-refractivity contribution < 1.29 is 29.3 Å². The Kier molecular flexibility index (Phi) is 12.8. The van der Waals surface area contributed by atoms with E-state index in [0.717, 1.165) is 104 Å². The van der Waals surface area contributed by atoms with Gasteiger partial charge in [-0.3, -0.25) is 9.80 Å². The molecule has 0 unspecified atom stereocenters. The van der Waals surface area contributed by atoms with Crippen LogP contribution in [0.1, 0.15) is 57.8 Å². The molecular formula is C23H40N2O6. The van der Waals surface area contributed by atoms with E-state index < -0.39 is 11.9 Å². The summed E-state index contributed by atoms with van der Waals surface area (Å²) in [6, 6.07) is 0. The summed E-state index contributed by atoms with van der Waals surface area (Å²) in [5, 5.41) is 19.2. The van der Waals surface area contributed by atoms with Crippen LogP contribution in [0.5, 0.6) is 0 Å². The second kappa shape index (κ2) is 15.3. The number of carbonyl (C=O) groups is 2. The molecule has 2 fully saturated rings. The van der Waals surface area contributed by atoms with Crippen molar-refractivity contribution in [2.45, 2.75) is 57.8 Å². The number of morpholine rings is 2. The van der Waals surface area contributed by atoms with Gasteiger partial charge in [0.05, 0.1) is 26.4 Å². The van der Waals surface area contributed by atoms with Crippen molar-refractivity contribution >= 4 is 11.9 Å². The van der Waals surface area contributed by atoms with Crippen molar-refractivity contribution in [1.29, 1.82) is 0 Å². The summed E-state index contributed by atoms with van der Waals surface area (Å²) in [6.07, 6.45) is 7.05. The summed E-state index contributed by atoms with van der Waals surface area (Å²) in [4.78, 5) is 28.2. The zero-order chi connectivity index (χ0) is 22.3. The Balaban J connectivity index is 1.67. The van der Waals surface area contributed by atoms with Gasteiger partial charge in [0.15, 0.2) is 0 Å². The van der Waals surface area contributed by atoms with Crippen LogP contribution in [0.25, 0.3) is 0 Å². The van der Waals surface area contributed by atoms with E-state index in [2.05, 4.69) is 9.80 Å². The maximum Gasteiger partial charge on any atom is 0.332 e. The Labute approximate surface area is 186 Å². The third-order valence-corrected chi connectivity index (χ3v) is 6.14. The van der Waals surface area contributed by atoms with Gasteiger partial charge in [0.1, 0.15) is 0 Å². The summed E-state index contributed by atoms with van der Waals surface area (Å²) in [5.41, 5.74) is 0.182. The quantitative estimate of drug-likeness (QED) is 0.296. The molecule has 0 aromatic rings. The van der Waals surface area contributed by atoms with Crippen LogP contribution in [0.3, 0.4) is 0 Å². The highest BCUT2D eigenvalue weighted by Gasteiger charge is 2.19. The molecule has 0 aliphatic carbocycles. The van der Waals surface area contributed by atoms with Gasteiger partial charge < -0.3 is 19.7 Å².